The standard InChI is InChI=1S/C26H26F3N5O3/c1-25(2,35)26(37-17-11-19(27)22(29)20(28)12-17)8-5-9-34-23(31-32-24(26)34)15-6-7-18(21(10-15)36-4)16-13-30-33(3)14-16/h6-7,10-14,35H,5,8-9H2,1-4H3. The van der Waals surface area contributed by atoms with Crippen LogP contribution in [0.1, 0.15) is 32.5 Å². The number of aromatic nitrogens is 5. The second-order valence-corrected chi connectivity index (χ2v) is 9.61. The highest BCUT2D eigenvalue weighted by Gasteiger charge is 2.53. The summed E-state index contributed by atoms with van der Waals surface area (Å²) in [5, 5.41) is 24.2. The summed E-state index contributed by atoms with van der Waals surface area (Å²) in [6.07, 6.45) is 4.47. The summed E-state index contributed by atoms with van der Waals surface area (Å²) in [6.45, 7) is 3.58. The highest BCUT2D eigenvalue weighted by molar-refractivity contribution is 5.74. The van der Waals surface area contributed by atoms with Crippen LogP contribution in [0.2, 0.25) is 0 Å². The quantitative estimate of drug-likeness (QED) is 0.379. The number of ether oxygens (including phenoxy) is 2. The van der Waals surface area contributed by atoms with Crippen molar-refractivity contribution in [3.63, 3.8) is 0 Å². The molecule has 8 nitrogen and oxygen atoms in total. The van der Waals surface area contributed by atoms with Crippen molar-refractivity contribution >= 4 is 0 Å². The van der Waals surface area contributed by atoms with E-state index in [2.05, 4.69) is 15.3 Å². The largest absolute Gasteiger partial charge is 0.496 e. The van der Waals surface area contributed by atoms with Crippen LogP contribution in [0.4, 0.5) is 13.2 Å². The molecule has 1 N–H and O–H groups in total. The Morgan fingerprint density at radius 2 is 1.78 bits per heavy atom. The fourth-order valence-corrected chi connectivity index (χ4v) is 4.85. The van der Waals surface area contributed by atoms with E-state index in [0.717, 1.165) is 23.3 Å². The Morgan fingerprint density at radius 3 is 2.41 bits per heavy atom. The molecule has 1 atom stereocenters. The predicted molar refractivity (Wildman–Crippen MR) is 128 cm³/mol. The van der Waals surface area contributed by atoms with Gasteiger partial charge in [0.25, 0.3) is 0 Å². The van der Waals surface area contributed by atoms with Gasteiger partial charge in [0.1, 0.15) is 17.1 Å². The van der Waals surface area contributed by atoms with Gasteiger partial charge in [0.2, 0.25) is 0 Å². The number of rotatable bonds is 6. The highest BCUT2D eigenvalue weighted by atomic mass is 19.2. The second-order valence-electron chi connectivity index (χ2n) is 9.61. The Hall–Kier alpha value is -3.86. The van der Waals surface area contributed by atoms with Crippen molar-refractivity contribution in [2.45, 2.75) is 44.4 Å². The van der Waals surface area contributed by atoms with E-state index in [4.69, 9.17) is 9.47 Å². The summed E-state index contributed by atoms with van der Waals surface area (Å²) >= 11 is 0. The predicted octanol–water partition coefficient (Wildman–Crippen LogP) is 4.61. The number of halogens is 3. The van der Waals surface area contributed by atoms with Gasteiger partial charge >= 0.3 is 0 Å². The molecule has 11 heteroatoms. The van der Waals surface area contributed by atoms with Gasteiger partial charge in [-0.15, -0.1) is 10.2 Å². The van der Waals surface area contributed by atoms with Crippen LogP contribution in [0.5, 0.6) is 11.5 Å². The number of benzene rings is 2. The van der Waals surface area contributed by atoms with E-state index in [1.807, 2.05) is 36.0 Å². The minimum absolute atomic E-state index is 0.265. The number of nitrogens with zero attached hydrogens (tertiary/aromatic N) is 5. The molecule has 3 heterocycles. The lowest BCUT2D eigenvalue weighted by Crippen LogP contribution is -2.55. The molecule has 1 aliphatic rings. The molecule has 1 aliphatic heterocycles. The van der Waals surface area contributed by atoms with E-state index in [1.165, 1.54) is 13.8 Å². The normalized spacial score (nSPS) is 17.5. The molecule has 2 aromatic carbocycles. The van der Waals surface area contributed by atoms with Crippen LogP contribution in [0.25, 0.3) is 22.5 Å². The van der Waals surface area contributed by atoms with E-state index in [9.17, 15) is 18.3 Å². The molecule has 0 saturated carbocycles. The first-order chi connectivity index (χ1) is 17.5. The summed E-state index contributed by atoms with van der Waals surface area (Å²) in [5.41, 5.74) is -0.589. The third kappa shape index (κ3) is 4.12. The van der Waals surface area contributed by atoms with E-state index in [0.29, 0.717) is 42.3 Å². The molecule has 0 spiro atoms. The van der Waals surface area contributed by atoms with Crippen LogP contribution in [-0.4, -0.2) is 42.4 Å². The average molecular weight is 514 g/mol. The van der Waals surface area contributed by atoms with Crippen LogP contribution in [0.15, 0.2) is 42.7 Å². The van der Waals surface area contributed by atoms with Gasteiger partial charge in [0, 0.05) is 48.6 Å². The van der Waals surface area contributed by atoms with Crippen molar-refractivity contribution in [2.75, 3.05) is 7.11 Å². The van der Waals surface area contributed by atoms with Gasteiger partial charge in [-0.3, -0.25) is 4.68 Å². The number of hydrogen-bond acceptors (Lipinski definition) is 6. The lowest BCUT2D eigenvalue weighted by Gasteiger charge is -2.44. The Morgan fingerprint density at radius 1 is 1.05 bits per heavy atom. The van der Waals surface area contributed by atoms with Gasteiger partial charge < -0.3 is 19.1 Å². The first-order valence-corrected chi connectivity index (χ1v) is 11.7. The number of hydrogen-bond donors (Lipinski definition) is 1. The first-order valence-electron chi connectivity index (χ1n) is 11.7. The van der Waals surface area contributed by atoms with Crippen LogP contribution in [0.3, 0.4) is 0 Å². The van der Waals surface area contributed by atoms with E-state index < -0.39 is 28.7 Å². The molecule has 0 fully saturated rings. The Kier molecular flexibility index (Phi) is 5.98. The maximum Gasteiger partial charge on any atom is 0.196 e. The van der Waals surface area contributed by atoms with Crippen molar-refractivity contribution in [1.82, 2.24) is 24.5 Å². The Bertz CT molecular complexity index is 1450. The first kappa shape index (κ1) is 24.8. The zero-order valence-corrected chi connectivity index (χ0v) is 20.8. The molecule has 0 amide bonds. The molecule has 4 aromatic rings. The van der Waals surface area contributed by atoms with Crippen molar-refractivity contribution in [3.8, 4) is 34.0 Å². The zero-order valence-electron chi connectivity index (χ0n) is 20.8. The van der Waals surface area contributed by atoms with Crippen molar-refractivity contribution in [2.24, 2.45) is 7.05 Å². The summed E-state index contributed by atoms with van der Waals surface area (Å²) in [6, 6.07) is 7.13. The highest BCUT2D eigenvalue weighted by Crippen LogP contribution is 2.45. The molecule has 0 aliphatic carbocycles. The van der Waals surface area contributed by atoms with E-state index >= 15 is 0 Å². The lowest BCUT2D eigenvalue weighted by atomic mass is 9.79. The number of fused-ring (bicyclic) bond motifs is 1. The summed E-state index contributed by atoms with van der Waals surface area (Å²) in [5.74, 6) is -3.22. The van der Waals surface area contributed by atoms with Crippen LogP contribution >= 0.6 is 0 Å². The molecule has 194 valence electrons. The second kappa shape index (κ2) is 8.91. The van der Waals surface area contributed by atoms with E-state index in [-0.39, 0.29) is 5.75 Å². The van der Waals surface area contributed by atoms with Gasteiger partial charge in [0.05, 0.1) is 13.3 Å². The SMILES string of the molecule is COc1cc(-c2nnc3n2CCCC3(Oc2cc(F)c(F)c(F)c2)C(C)(C)O)ccc1-c1cnn(C)c1. The van der Waals surface area contributed by atoms with Gasteiger partial charge in [0.15, 0.2) is 34.7 Å². The van der Waals surface area contributed by atoms with Crippen molar-refractivity contribution in [1.29, 1.82) is 0 Å². The zero-order chi connectivity index (χ0) is 26.5. The Balaban J connectivity index is 1.60. The van der Waals surface area contributed by atoms with Gasteiger partial charge in [-0.1, -0.05) is 6.07 Å². The topological polar surface area (TPSA) is 87.2 Å². The van der Waals surface area contributed by atoms with E-state index in [1.54, 1.807) is 18.0 Å². The monoisotopic (exact) mass is 513 g/mol. The molecule has 2 aromatic heterocycles. The fourth-order valence-electron chi connectivity index (χ4n) is 4.85. The van der Waals surface area contributed by atoms with Crippen LogP contribution in [-0.2, 0) is 19.2 Å². The van der Waals surface area contributed by atoms with Gasteiger partial charge in [-0.05, 0) is 38.8 Å². The van der Waals surface area contributed by atoms with Crippen molar-refractivity contribution in [3.05, 3.63) is 66.0 Å². The fraction of sp³-hybridized carbons (Fsp3) is 0.346. The molecule has 37 heavy (non-hydrogen) atoms. The summed E-state index contributed by atoms with van der Waals surface area (Å²) in [7, 11) is 3.41. The van der Waals surface area contributed by atoms with Gasteiger partial charge in [-0.2, -0.15) is 5.10 Å². The van der Waals surface area contributed by atoms with Crippen LogP contribution < -0.4 is 9.47 Å². The number of methoxy groups -OCH3 is 1. The average Bonchev–Trinajstić information content (AvgIpc) is 3.48. The van der Waals surface area contributed by atoms with Crippen LogP contribution in [0, 0.1) is 17.5 Å². The number of aryl methyl sites for hydroxylation is 1. The van der Waals surface area contributed by atoms with Gasteiger partial charge in [-0.25, -0.2) is 13.2 Å². The molecule has 0 saturated heterocycles. The molecule has 0 radical (unpaired) electrons. The lowest BCUT2D eigenvalue weighted by molar-refractivity contribution is -0.137. The minimum Gasteiger partial charge on any atom is -0.496 e. The Labute approximate surface area is 211 Å². The maximum atomic E-state index is 14.0. The molecule has 1 unspecified atom stereocenters. The number of aliphatic hydroxyl groups is 1. The smallest absolute Gasteiger partial charge is 0.196 e. The maximum absolute atomic E-state index is 14.0. The molecule has 5 rings (SSSR count). The summed E-state index contributed by atoms with van der Waals surface area (Å²) < 4.78 is 56.7. The third-order valence-electron chi connectivity index (χ3n) is 6.74. The van der Waals surface area contributed by atoms with Crippen molar-refractivity contribution < 1.29 is 27.8 Å². The molecular weight excluding hydrogens is 487 g/mol. The summed E-state index contributed by atoms with van der Waals surface area (Å²) in [4.78, 5) is 0. The third-order valence-corrected chi connectivity index (χ3v) is 6.74. The molecular formula is C26H26F3N5O3. The molecule has 0 bridgehead atoms. The minimum atomic E-state index is -1.59.